The van der Waals surface area contributed by atoms with Gasteiger partial charge in [0.25, 0.3) is 0 Å². The number of rotatable bonds is 8. The molecule has 0 radical (unpaired) electrons. The maximum Gasteiger partial charge on any atom is 0.305 e. The van der Waals surface area contributed by atoms with E-state index in [1.54, 1.807) is 0 Å². The SMILES string of the molecule is CCC(CC)CN(CCC(=O)O)c1ccccc1N. The molecule has 1 aromatic rings. The third-order valence-corrected chi connectivity index (χ3v) is 3.51. The number of anilines is 2. The van der Waals surface area contributed by atoms with Crippen molar-refractivity contribution in [1.29, 1.82) is 0 Å². The molecule has 0 spiro atoms. The molecule has 0 saturated heterocycles. The number of carbonyl (C=O) groups is 1. The number of para-hydroxylation sites is 2. The fraction of sp³-hybridized carbons (Fsp3) is 0.533. The van der Waals surface area contributed by atoms with Crippen molar-refractivity contribution in [2.24, 2.45) is 5.92 Å². The topological polar surface area (TPSA) is 66.6 Å². The predicted octanol–water partition coefficient (Wildman–Crippen LogP) is 2.99. The molecule has 19 heavy (non-hydrogen) atoms. The van der Waals surface area contributed by atoms with Gasteiger partial charge in [-0.05, 0) is 18.1 Å². The van der Waals surface area contributed by atoms with Crippen LogP contribution >= 0.6 is 0 Å². The molecule has 4 heteroatoms. The summed E-state index contributed by atoms with van der Waals surface area (Å²) in [6.07, 6.45) is 2.31. The Balaban J connectivity index is 2.85. The molecule has 0 aromatic heterocycles. The quantitative estimate of drug-likeness (QED) is 0.708. The van der Waals surface area contributed by atoms with E-state index in [1.807, 2.05) is 24.3 Å². The van der Waals surface area contributed by atoms with Crippen molar-refractivity contribution in [2.45, 2.75) is 33.1 Å². The highest BCUT2D eigenvalue weighted by Gasteiger charge is 2.15. The minimum Gasteiger partial charge on any atom is -0.481 e. The number of nitrogens with zero attached hydrogens (tertiary/aromatic N) is 1. The van der Waals surface area contributed by atoms with Gasteiger partial charge in [0.2, 0.25) is 0 Å². The summed E-state index contributed by atoms with van der Waals surface area (Å²) in [6.45, 7) is 5.68. The van der Waals surface area contributed by atoms with Crippen molar-refractivity contribution in [3.63, 3.8) is 0 Å². The molecule has 0 bridgehead atoms. The van der Waals surface area contributed by atoms with E-state index in [2.05, 4.69) is 18.7 Å². The summed E-state index contributed by atoms with van der Waals surface area (Å²) < 4.78 is 0. The maximum absolute atomic E-state index is 10.8. The highest BCUT2D eigenvalue weighted by molar-refractivity contribution is 5.70. The second kappa shape index (κ2) is 7.67. The molecule has 3 N–H and O–H groups in total. The molecule has 0 heterocycles. The molecule has 0 amide bonds. The van der Waals surface area contributed by atoms with E-state index in [0.29, 0.717) is 18.2 Å². The van der Waals surface area contributed by atoms with Gasteiger partial charge in [0.05, 0.1) is 17.8 Å². The largest absolute Gasteiger partial charge is 0.481 e. The Hall–Kier alpha value is -1.71. The molecule has 1 aromatic carbocycles. The predicted molar refractivity (Wildman–Crippen MR) is 79.4 cm³/mol. The van der Waals surface area contributed by atoms with Gasteiger partial charge >= 0.3 is 5.97 Å². The first kappa shape index (κ1) is 15.3. The van der Waals surface area contributed by atoms with Gasteiger partial charge in [0.1, 0.15) is 0 Å². The first-order chi connectivity index (χ1) is 9.08. The van der Waals surface area contributed by atoms with Gasteiger partial charge < -0.3 is 15.7 Å². The number of nitrogen functional groups attached to an aromatic ring is 1. The van der Waals surface area contributed by atoms with Crippen LogP contribution in [-0.4, -0.2) is 24.2 Å². The monoisotopic (exact) mass is 264 g/mol. The lowest BCUT2D eigenvalue weighted by molar-refractivity contribution is -0.136. The average Bonchev–Trinajstić information content (AvgIpc) is 2.40. The van der Waals surface area contributed by atoms with Gasteiger partial charge in [-0.2, -0.15) is 0 Å². The Bertz CT molecular complexity index is 403. The number of hydrogen-bond donors (Lipinski definition) is 2. The fourth-order valence-corrected chi connectivity index (χ4v) is 2.17. The zero-order chi connectivity index (χ0) is 14.3. The lowest BCUT2D eigenvalue weighted by atomic mass is 10.0. The molecule has 1 rings (SSSR count). The molecule has 0 aliphatic rings. The number of hydrogen-bond acceptors (Lipinski definition) is 3. The minimum absolute atomic E-state index is 0.133. The van der Waals surface area contributed by atoms with E-state index < -0.39 is 5.97 Å². The van der Waals surface area contributed by atoms with Crippen molar-refractivity contribution in [1.82, 2.24) is 0 Å². The van der Waals surface area contributed by atoms with Crippen LogP contribution in [0, 0.1) is 5.92 Å². The van der Waals surface area contributed by atoms with E-state index in [9.17, 15) is 4.79 Å². The number of nitrogens with two attached hydrogens (primary N) is 1. The van der Waals surface area contributed by atoms with Gasteiger partial charge in [0, 0.05) is 13.1 Å². The Morgan fingerprint density at radius 2 is 1.95 bits per heavy atom. The molecule has 106 valence electrons. The zero-order valence-electron chi connectivity index (χ0n) is 11.8. The first-order valence-electron chi connectivity index (χ1n) is 6.89. The van der Waals surface area contributed by atoms with Crippen LogP contribution in [0.3, 0.4) is 0 Å². The summed E-state index contributed by atoms with van der Waals surface area (Å²) in [4.78, 5) is 12.9. The molecule has 0 aliphatic heterocycles. The van der Waals surface area contributed by atoms with Gasteiger partial charge in [-0.15, -0.1) is 0 Å². The number of carboxylic acid groups (broad SMARTS) is 1. The Labute approximate surface area is 115 Å². The third kappa shape index (κ3) is 4.81. The van der Waals surface area contributed by atoms with Crippen LogP contribution in [0.25, 0.3) is 0 Å². The zero-order valence-corrected chi connectivity index (χ0v) is 11.8. The minimum atomic E-state index is -0.774. The lowest BCUT2D eigenvalue weighted by Gasteiger charge is -2.29. The fourth-order valence-electron chi connectivity index (χ4n) is 2.17. The summed E-state index contributed by atoms with van der Waals surface area (Å²) in [5.41, 5.74) is 7.65. The molecule has 4 nitrogen and oxygen atoms in total. The average molecular weight is 264 g/mol. The van der Waals surface area contributed by atoms with Crippen molar-refractivity contribution in [3.8, 4) is 0 Å². The molecular weight excluding hydrogens is 240 g/mol. The summed E-state index contributed by atoms with van der Waals surface area (Å²) in [5, 5.41) is 8.87. The lowest BCUT2D eigenvalue weighted by Crippen LogP contribution is -2.32. The van der Waals surface area contributed by atoms with Crippen molar-refractivity contribution in [3.05, 3.63) is 24.3 Å². The normalized spacial score (nSPS) is 10.7. The van der Waals surface area contributed by atoms with E-state index in [1.165, 1.54) is 0 Å². The molecule has 0 saturated carbocycles. The van der Waals surface area contributed by atoms with Crippen LogP contribution in [0.2, 0.25) is 0 Å². The van der Waals surface area contributed by atoms with Crippen LogP contribution in [0.15, 0.2) is 24.3 Å². The molecule has 0 fully saturated rings. The summed E-state index contributed by atoms with van der Waals surface area (Å²) in [5.74, 6) is -0.211. The smallest absolute Gasteiger partial charge is 0.305 e. The number of carboxylic acids is 1. The first-order valence-corrected chi connectivity index (χ1v) is 6.89. The summed E-state index contributed by atoms with van der Waals surface area (Å²) >= 11 is 0. The number of benzene rings is 1. The van der Waals surface area contributed by atoms with E-state index >= 15 is 0 Å². The van der Waals surface area contributed by atoms with Gasteiger partial charge in [0.15, 0.2) is 0 Å². The highest BCUT2D eigenvalue weighted by atomic mass is 16.4. The summed E-state index contributed by atoms with van der Waals surface area (Å²) in [7, 11) is 0. The Morgan fingerprint density at radius 3 is 2.47 bits per heavy atom. The second-order valence-corrected chi connectivity index (χ2v) is 4.83. The van der Waals surface area contributed by atoms with Crippen molar-refractivity contribution in [2.75, 3.05) is 23.7 Å². The van der Waals surface area contributed by atoms with Gasteiger partial charge in [-0.25, -0.2) is 0 Å². The third-order valence-electron chi connectivity index (χ3n) is 3.51. The highest BCUT2D eigenvalue weighted by Crippen LogP contribution is 2.24. The number of aliphatic carboxylic acids is 1. The van der Waals surface area contributed by atoms with E-state index in [4.69, 9.17) is 10.8 Å². The van der Waals surface area contributed by atoms with Crippen LogP contribution < -0.4 is 10.6 Å². The van der Waals surface area contributed by atoms with Crippen molar-refractivity contribution >= 4 is 17.3 Å². The standard InChI is InChI=1S/C15H24N2O2/c1-3-12(4-2)11-17(10-9-15(18)19)14-8-6-5-7-13(14)16/h5-8,12H,3-4,9-11,16H2,1-2H3,(H,18,19). The molecule has 0 unspecified atom stereocenters. The molecule has 0 aliphatic carbocycles. The van der Waals surface area contributed by atoms with E-state index in [0.717, 1.165) is 25.1 Å². The maximum atomic E-state index is 10.8. The summed E-state index contributed by atoms with van der Waals surface area (Å²) in [6, 6.07) is 7.65. The Kier molecular flexibility index (Phi) is 6.19. The molecular formula is C15H24N2O2. The van der Waals surface area contributed by atoms with E-state index in [-0.39, 0.29) is 6.42 Å². The molecule has 0 atom stereocenters. The second-order valence-electron chi connectivity index (χ2n) is 4.83. The van der Waals surface area contributed by atoms with Crippen LogP contribution in [0.5, 0.6) is 0 Å². The Morgan fingerprint density at radius 1 is 1.32 bits per heavy atom. The van der Waals surface area contributed by atoms with Gasteiger partial charge in [-0.3, -0.25) is 4.79 Å². The van der Waals surface area contributed by atoms with Crippen LogP contribution in [-0.2, 0) is 4.79 Å². The van der Waals surface area contributed by atoms with Crippen molar-refractivity contribution < 1.29 is 9.90 Å². The van der Waals surface area contributed by atoms with Crippen LogP contribution in [0.4, 0.5) is 11.4 Å². The van der Waals surface area contributed by atoms with Gasteiger partial charge in [-0.1, -0.05) is 38.8 Å². The van der Waals surface area contributed by atoms with Crippen LogP contribution in [0.1, 0.15) is 33.1 Å².